The van der Waals surface area contributed by atoms with Crippen LogP contribution in [-0.4, -0.2) is 29.8 Å². The number of phosphoric ester groups is 1. The van der Waals surface area contributed by atoms with Gasteiger partial charge in [-0.2, -0.15) is 0 Å². The number of benzene rings is 4. The van der Waals surface area contributed by atoms with E-state index < -0.39 is 40.1 Å². The fraction of sp³-hybridized carbons (Fsp3) is 0.219. The summed E-state index contributed by atoms with van der Waals surface area (Å²) in [6.45, 7) is -1.04. The molecule has 0 unspecified atom stereocenters. The van der Waals surface area contributed by atoms with Crippen LogP contribution in [0.5, 0.6) is 0 Å². The first kappa shape index (κ1) is 32.7. The largest absolute Gasteiger partial charge is 0.475 e. The van der Waals surface area contributed by atoms with Gasteiger partial charge in [-0.3, -0.25) is 22.9 Å². The van der Waals surface area contributed by atoms with Crippen LogP contribution < -0.4 is 0 Å². The third-order valence-electron chi connectivity index (χ3n) is 6.12. The van der Waals surface area contributed by atoms with Crippen LogP contribution in [0.4, 0.5) is 0 Å². The van der Waals surface area contributed by atoms with Crippen molar-refractivity contribution in [1.82, 2.24) is 0 Å². The van der Waals surface area contributed by atoms with Crippen LogP contribution >= 0.6 is 15.4 Å². The van der Waals surface area contributed by atoms with E-state index in [4.69, 9.17) is 22.6 Å². The number of aliphatic hydroxyl groups excluding tert-OH is 1. The number of carbonyl (C=O) groups excluding carboxylic acids is 1. The van der Waals surface area contributed by atoms with E-state index in [0.29, 0.717) is 0 Å². The average molecular weight is 625 g/mol. The maximum atomic E-state index is 13.7. The van der Waals surface area contributed by atoms with Gasteiger partial charge in [0.2, 0.25) is 0 Å². The number of Topliss-reactive ketones (excluding diaryl/α,β-unsaturated/α-hetero) is 1. The summed E-state index contributed by atoms with van der Waals surface area (Å²) in [5.74, 6) is -0.873. The molecule has 0 aliphatic heterocycles. The maximum absolute atomic E-state index is 13.7. The molecular formula is C32H34O9P2. The predicted octanol–water partition coefficient (Wildman–Crippen LogP) is 7.10. The Morgan fingerprint density at radius 2 is 0.860 bits per heavy atom. The van der Waals surface area contributed by atoms with Crippen LogP contribution in [-0.2, 0) is 63.0 Å². The molecule has 0 saturated carbocycles. The van der Waals surface area contributed by atoms with Crippen molar-refractivity contribution in [3.05, 3.63) is 144 Å². The molecule has 0 aliphatic rings. The molecule has 0 aliphatic carbocycles. The van der Waals surface area contributed by atoms with E-state index in [1.54, 1.807) is 97.1 Å². The summed E-state index contributed by atoms with van der Waals surface area (Å²) >= 11 is 0. The zero-order valence-corrected chi connectivity index (χ0v) is 25.3. The zero-order valence-electron chi connectivity index (χ0n) is 23.5. The molecule has 1 atom stereocenters. The highest BCUT2D eigenvalue weighted by molar-refractivity contribution is 7.54. The zero-order chi connectivity index (χ0) is 30.4. The minimum Gasteiger partial charge on any atom is -0.383 e. The molecule has 4 rings (SSSR count). The van der Waals surface area contributed by atoms with Gasteiger partial charge < -0.3 is 14.2 Å². The summed E-state index contributed by atoms with van der Waals surface area (Å²) in [6, 6.07) is 36.0. The Balaban J connectivity index is 1.39. The molecule has 0 spiro atoms. The summed E-state index contributed by atoms with van der Waals surface area (Å²) in [5.41, 5.74) is 2.90. The van der Waals surface area contributed by atoms with Crippen molar-refractivity contribution in [3.63, 3.8) is 0 Å². The number of phosphoric acid groups is 1. The van der Waals surface area contributed by atoms with E-state index in [-0.39, 0.29) is 26.4 Å². The first-order valence-electron chi connectivity index (χ1n) is 13.6. The topological polar surface area (TPSA) is 118 Å². The van der Waals surface area contributed by atoms with Crippen molar-refractivity contribution < 1.29 is 41.6 Å². The molecule has 0 saturated heterocycles. The number of hydrogen-bond acceptors (Lipinski definition) is 9. The number of hydrogen-bond donors (Lipinski definition) is 1. The molecule has 4 aromatic carbocycles. The van der Waals surface area contributed by atoms with Gasteiger partial charge >= 0.3 is 15.4 Å². The summed E-state index contributed by atoms with van der Waals surface area (Å²) in [6.07, 6.45) is -2.53. The van der Waals surface area contributed by atoms with Crippen LogP contribution in [0.3, 0.4) is 0 Å². The maximum Gasteiger partial charge on any atom is 0.475 e. The van der Waals surface area contributed by atoms with Gasteiger partial charge in [0.25, 0.3) is 0 Å². The standard InChI is InChI=1S/C32H34O9P2/c33-31(25-41-43(36,39-23-29-17-9-3-10-18-29)40-24-30-19-11-4-12-20-30)32(34)26-42(35,37-21-27-13-5-1-6-14-27)38-22-28-15-7-2-8-16-28/h1-20,31,33H,21-26H2/t31-/m0/s1. The third-order valence-corrected chi connectivity index (χ3v) is 9.22. The Labute approximate surface area is 251 Å². The molecule has 11 heteroatoms. The van der Waals surface area contributed by atoms with Crippen molar-refractivity contribution in [2.75, 3.05) is 12.8 Å². The second-order valence-electron chi connectivity index (χ2n) is 9.53. The summed E-state index contributed by atoms with van der Waals surface area (Å²) in [7, 11) is -8.27. The smallest absolute Gasteiger partial charge is 0.383 e. The Hall–Kier alpha value is -3.23. The number of rotatable bonds is 18. The van der Waals surface area contributed by atoms with Gasteiger partial charge in [-0.1, -0.05) is 121 Å². The van der Waals surface area contributed by atoms with Gasteiger partial charge in [-0.15, -0.1) is 0 Å². The lowest BCUT2D eigenvalue weighted by atomic mass is 10.2. The minimum absolute atomic E-state index is 0.0668. The lowest BCUT2D eigenvalue weighted by Crippen LogP contribution is -2.29. The Morgan fingerprint density at radius 3 is 1.21 bits per heavy atom. The fourth-order valence-electron chi connectivity index (χ4n) is 3.74. The van der Waals surface area contributed by atoms with Gasteiger partial charge in [0.05, 0.1) is 33.0 Å². The van der Waals surface area contributed by atoms with Crippen LogP contribution in [0.15, 0.2) is 121 Å². The van der Waals surface area contributed by atoms with Gasteiger partial charge in [0.1, 0.15) is 12.3 Å². The summed E-state index contributed by atoms with van der Waals surface area (Å²) in [5, 5.41) is 10.6. The molecule has 0 aromatic heterocycles. The molecule has 43 heavy (non-hydrogen) atoms. The monoisotopic (exact) mass is 624 g/mol. The minimum atomic E-state index is -4.24. The molecular weight excluding hydrogens is 590 g/mol. The Bertz CT molecular complexity index is 1390. The lowest BCUT2D eigenvalue weighted by Gasteiger charge is -2.21. The van der Waals surface area contributed by atoms with Crippen molar-refractivity contribution in [1.29, 1.82) is 0 Å². The van der Waals surface area contributed by atoms with Crippen LogP contribution in [0.1, 0.15) is 22.3 Å². The van der Waals surface area contributed by atoms with E-state index in [1.165, 1.54) is 0 Å². The van der Waals surface area contributed by atoms with E-state index in [0.717, 1.165) is 22.3 Å². The van der Waals surface area contributed by atoms with Gasteiger partial charge in [0, 0.05) is 0 Å². The van der Waals surface area contributed by atoms with Gasteiger partial charge in [-0.25, -0.2) is 4.57 Å². The molecule has 0 heterocycles. The SMILES string of the molecule is O=C(CP(=O)(OCc1ccccc1)OCc1ccccc1)[C@@H](O)COP(=O)(OCc1ccccc1)OCc1ccccc1. The molecule has 1 N–H and O–H groups in total. The predicted molar refractivity (Wildman–Crippen MR) is 162 cm³/mol. The molecule has 0 radical (unpaired) electrons. The molecule has 4 aromatic rings. The number of ketones is 1. The van der Waals surface area contributed by atoms with Gasteiger partial charge in [-0.05, 0) is 22.3 Å². The quantitative estimate of drug-likeness (QED) is 0.116. The highest BCUT2D eigenvalue weighted by Gasteiger charge is 2.34. The highest BCUT2D eigenvalue weighted by atomic mass is 31.2. The van der Waals surface area contributed by atoms with Crippen LogP contribution in [0, 0.1) is 0 Å². The Morgan fingerprint density at radius 1 is 0.535 bits per heavy atom. The fourth-order valence-corrected chi connectivity index (χ4v) is 6.44. The molecule has 0 bridgehead atoms. The third kappa shape index (κ3) is 11.4. The molecule has 0 amide bonds. The number of carbonyl (C=O) groups is 1. The second kappa shape index (κ2) is 16.6. The van der Waals surface area contributed by atoms with Crippen LogP contribution in [0.25, 0.3) is 0 Å². The molecule has 9 nitrogen and oxygen atoms in total. The van der Waals surface area contributed by atoms with Crippen molar-refractivity contribution in [2.24, 2.45) is 0 Å². The molecule has 226 valence electrons. The van der Waals surface area contributed by atoms with Gasteiger partial charge in [0.15, 0.2) is 5.78 Å². The van der Waals surface area contributed by atoms with Crippen molar-refractivity contribution in [2.45, 2.75) is 32.5 Å². The van der Waals surface area contributed by atoms with Crippen LogP contribution in [0.2, 0.25) is 0 Å². The summed E-state index contributed by atoms with van der Waals surface area (Å²) < 4.78 is 54.9. The second-order valence-corrected chi connectivity index (χ2v) is 13.3. The first-order valence-corrected chi connectivity index (χ1v) is 16.8. The van der Waals surface area contributed by atoms with Crippen molar-refractivity contribution >= 4 is 21.2 Å². The number of aliphatic hydroxyl groups is 1. The van der Waals surface area contributed by atoms with E-state index in [2.05, 4.69) is 0 Å². The lowest BCUT2D eigenvalue weighted by molar-refractivity contribution is -0.126. The molecule has 0 fully saturated rings. The van der Waals surface area contributed by atoms with E-state index in [1.807, 2.05) is 24.3 Å². The van der Waals surface area contributed by atoms with E-state index >= 15 is 0 Å². The highest BCUT2D eigenvalue weighted by Crippen LogP contribution is 2.52. The Kier molecular flexibility index (Phi) is 12.6. The average Bonchev–Trinajstić information content (AvgIpc) is 3.05. The normalized spacial score (nSPS) is 12.6. The van der Waals surface area contributed by atoms with E-state index in [9.17, 15) is 19.0 Å². The first-order chi connectivity index (χ1) is 20.8. The van der Waals surface area contributed by atoms with Crippen molar-refractivity contribution in [3.8, 4) is 0 Å². The summed E-state index contributed by atoms with van der Waals surface area (Å²) in [4.78, 5) is 13.0.